The summed E-state index contributed by atoms with van der Waals surface area (Å²) in [7, 11) is 2.15. The van der Waals surface area contributed by atoms with Gasteiger partial charge in [-0.3, -0.25) is 0 Å². The molecule has 1 saturated heterocycles. The third-order valence-corrected chi connectivity index (χ3v) is 4.91. The number of nitrogens with one attached hydrogen (secondary N) is 1. The van der Waals surface area contributed by atoms with Crippen LogP contribution in [-0.2, 0) is 0 Å². The standard InChI is InChI=1S/C15H30N2/c1-12-9-13(2)17(10-12)11-14-7-5-4-6-8-15(14)16-3/h12-16H,4-11H2,1-3H3. The minimum Gasteiger partial charge on any atom is -0.317 e. The molecule has 17 heavy (non-hydrogen) atoms. The zero-order chi connectivity index (χ0) is 12.3. The van der Waals surface area contributed by atoms with Gasteiger partial charge in [0.05, 0.1) is 0 Å². The highest BCUT2D eigenvalue weighted by molar-refractivity contribution is 4.86. The highest BCUT2D eigenvalue weighted by Gasteiger charge is 2.30. The van der Waals surface area contributed by atoms with E-state index in [0.29, 0.717) is 0 Å². The molecule has 0 bridgehead atoms. The third kappa shape index (κ3) is 3.45. The first-order valence-corrected chi connectivity index (χ1v) is 7.62. The first-order valence-electron chi connectivity index (χ1n) is 7.62. The summed E-state index contributed by atoms with van der Waals surface area (Å²) >= 11 is 0. The molecule has 4 unspecified atom stereocenters. The smallest absolute Gasteiger partial charge is 0.0104 e. The number of nitrogens with zero attached hydrogens (tertiary/aromatic N) is 1. The lowest BCUT2D eigenvalue weighted by molar-refractivity contribution is 0.190. The van der Waals surface area contributed by atoms with Gasteiger partial charge < -0.3 is 10.2 Å². The molecule has 1 aliphatic carbocycles. The molecule has 0 radical (unpaired) electrons. The largest absolute Gasteiger partial charge is 0.317 e. The number of hydrogen-bond acceptors (Lipinski definition) is 2. The van der Waals surface area contributed by atoms with E-state index in [0.717, 1.165) is 23.9 Å². The Morgan fingerprint density at radius 3 is 2.53 bits per heavy atom. The van der Waals surface area contributed by atoms with E-state index in [1.807, 2.05) is 0 Å². The maximum absolute atomic E-state index is 3.57. The maximum atomic E-state index is 3.57. The Morgan fingerprint density at radius 2 is 1.88 bits per heavy atom. The molecule has 0 aromatic rings. The molecule has 2 aliphatic rings. The van der Waals surface area contributed by atoms with Gasteiger partial charge in [0.25, 0.3) is 0 Å². The fraction of sp³-hybridized carbons (Fsp3) is 1.00. The van der Waals surface area contributed by atoms with E-state index in [1.54, 1.807) is 0 Å². The lowest BCUT2D eigenvalue weighted by Crippen LogP contribution is -2.41. The van der Waals surface area contributed by atoms with E-state index < -0.39 is 0 Å². The summed E-state index contributed by atoms with van der Waals surface area (Å²) in [6.45, 7) is 7.47. The summed E-state index contributed by atoms with van der Waals surface area (Å²) in [4.78, 5) is 2.74. The topological polar surface area (TPSA) is 15.3 Å². The van der Waals surface area contributed by atoms with Crippen molar-refractivity contribution in [3.63, 3.8) is 0 Å². The van der Waals surface area contributed by atoms with Crippen LogP contribution in [0.5, 0.6) is 0 Å². The number of rotatable bonds is 3. The molecule has 0 aromatic heterocycles. The molecule has 2 nitrogen and oxygen atoms in total. The fourth-order valence-electron chi connectivity index (χ4n) is 3.92. The van der Waals surface area contributed by atoms with Crippen LogP contribution in [0.1, 0.15) is 52.4 Å². The lowest BCUT2D eigenvalue weighted by Gasteiger charge is -2.31. The maximum Gasteiger partial charge on any atom is 0.0104 e. The van der Waals surface area contributed by atoms with Crippen molar-refractivity contribution in [2.75, 3.05) is 20.1 Å². The minimum absolute atomic E-state index is 0.764. The first kappa shape index (κ1) is 13.4. The second-order valence-electron chi connectivity index (χ2n) is 6.44. The van der Waals surface area contributed by atoms with E-state index in [9.17, 15) is 0 Å². The predicted molar refractivity (Wildman–Crippen MR) is 74.2 cm³/mol. The number of hydrogen-bond donors (Lipinski definition) is 1. The van der Waals surface area contributed by atoms with Gasteiger partial charge in [-0.25, -0.2) is 0 Å². The van der Waals surface area contributed by atoms with Gasteiger partial charge in [0.2, 0.25) is 0 Å². The molecule has 1 heterocycles. The van der Waals surface area contributed by atoms with E-state index in [2.05, 4.69) is 31.1 Å². The van der Waals surface area contributed by atoms with Gasteiger partial charge in [0.1, 0.15) is 0 Å². The lowest BCUT2D eigenvalue weighted by atomic mass is 9.94. The highest BCUT2D eigenvalue weighted by atomic mass is 15.2. The van der Waals surface area contributed by atoms with Crippen molar-refractivity contribution in [2.24, 2.45) is 11.8 Å². The molecular formula is C15H30N2. The summed E-state index contributed by atoms with van der Waals surface area (Å²) in [6, 6.07) is 1.58. The molecule has 2 fully saturated rings. The Hall–Kier alpha value is -0.0800. The monoisotopic (exact) mass is 238 g/mol. The van der Waals surface area contributed by atoms with E-state index in [-0.39, 0.29) is 0 Å². The average Bonchev–Trinajstić information content (AvgIpc) is 2.52. The Labute approximate surface area is 107 Å². The summed E-state index contributed by atoms with van der Waals surface area (Å²) in [6.07, 6.45) is 8.54. The van der Waals surface area contributed by atoms with Crippen LogP contribution in [0.25, 0.3) is 0 Å². The van der Waals surface area contributed by atoms with E-state index in [1.165, 1.54) is 51.6 Å². The Bertz CT molecular complexity index is 229. The highest BCUT2D eigenvalue weighted by Crippen LogP contribution is 2.28. The van der Waals surface area contributed by atoms with Crippen molar-refractivity contribution >= 4 is 0 Å². The van der Waals surface area contributed by atoms with Crippen molar-refractivity contribution < 1.29 is 0 Å². The molecule has 2 heteroatoms. The Morgan fingerprint density at radius 1 is 1.12 bits per heavy atom. The SMILES string of the molecule is CNC1CCCCCC1CN1CC(C)CC1C. The van der Waals surface area contributed by atoms with Crippen molar-refractivity contribution in [1.29, 1.82) is 0 Å². The van der Waals surface area contributed by atoms with E-state index >= 15 is 0 Å². The molecule has 1 N–H and O–H groups in total. The van der Waals surface area contributed by atoms with Crippen LogP contribution in [-0.4, -0.2) is 37.1 Å². The van der Waals surface area contributed by atoms with Gasteiger partial charge in [-0.15, -0.1) is 0 Å². The molecule has 0 spiro atoms. The third-order valence-electron chi connectivity index (χ3n) is 4.91. The van der Waals surface area contributed by atoms with Crippen LogP contribution >= 0.6 is 0 Å². The minimum atomic E-state index is 0.764. The van der Waals surface area contributed by atoms with Crippen LogP contribution in [0, 0.1) is 11.8 Å². The van der Waals surface area contributed by atoms with Crippen molar-refractivity contribution in [1.82, 2.24) is 10.2 Å². The summed E-state index contributed by atoms with van der Waals surface area (Å²) in [5, 5.41) is 3.57. The van der Waals surface area contributed by atoms with Crippen LogP contribution in [0.4, 0.5) is 0 Å². The Balaban J connectivity index is 1.90. The van der Waals surface area contributed by atoms with Crippen molar-refractivity contribution in [3.05, 3.63) is 0 Å². The molecule has 100 valence electrons. The second-order valence-corrected chi connectivity index (χ2v) is 6.44. The van der Waals surface area contributed by atoms with Gasteiger partial charge >= 0.3 is 0 Å². The molecule has 1 aliphatic heterocycles. The molecule has 2 rings (SSSR count). The molecular weight excluding hydrogens is 208 g/mol. The fourth-order valence-corrected chi connectivity index (χ4v) is 3.92. The van der Waals surface area contributed by atoms with Crippen molar-refractivity contribution in [2.45, 2.75) is 64.5 Å². The molecule has 4 atom stereocenters. The predicted octanol–water partition coefficient (Wildman–Crippen LogP) is 2.89. The molecule has 0 aromatic carbocycles. The van der Waals surface area contributed by atoms with Crippen LogP contribution in [0.3, 0.4) is 0 Å². The zero-order valence-corrected chi connectivity index (χ0v) is 11.9. The van der Waals surface area contributed by atoms with Crippen LogP contribution in [0.15, 0.2) is 0 Å². The summed E-state index contributed by atoms with van der Waals surface area (Å²) < 4.78 is 0. The summed E-state index contributed by atoms with van der Waals surface area (Å²) in [5.74, 6) is 1.79. The van der Waals surface area contributed by atoms with Crippen LogP contribution in [0.2, 0.25) is 0 Å². The average molecular weight is 238 g/mol. The van der Waals surface area contributed by atoms with Gasteiger partial charge in [-0.05, 0) is 45.1 Å². The quantitative estimate of drug-likeness (QED) is 0.761. The van der Waals surface area contributed by atoms with Gasteiger partial charge in [0.15, 0.2) is 0 Å². The number of likely N-dealkylation sites (tertiary alicyclic amines) is 1. The molecule has 0 amide bonds. The second kappa shape index (κ2) is 6.19. The molecule has 1 saturated carbocycles. The van der Waals surface area contributed by atoms with Crippen molar-refractivity contribution in [3.8, 4) is 0 Å². The van der Waals surface area contributed by atoms with Crippen LogP contribution < -0.4 is 5.32 Å². The van der Waals surface area contributed by atoms with Gasteiger partial charge in [-0.1, -0.05) is 26.2 Å². The van der Waals surface area contributed by atoms with Gasteiger partial charge in [-0.2, -0.15) is 0 Å². The zero-order valence-electron chi connectivity index (χ0n) is 11.9. The normalized spacial score (nSPS) is 40.4. The Kier molecular flexibility index (Phi) is 4.87. The summed E-state index contributed by atoms with van der Waals surface area (Å²) in [5.41, 5.74) is 0. The first-order chi connectivity index (χ1) is 8.20. The van der Waals surface area contributed by atoms with E-state index in [4.69, 9.17) is 0 Å². The van der Waals surface area contributed by atoms with Gasteiger partial charge in [0, 0.05) is 25.2 Å².